The zero-order valence-corrected chi connectivity index (χ0v) is 9.94. The molecule has 2 N–H and O–H groups in total. The fourth-order valence-corrected chi connectivity index (χ4v) is 1.33. The molecule has 1 unspecified atom stereocenters. The Labute approximate surface area is 108 Å². The highest BCUT2D eigenvalue weighted by atomic mass is 19.4. The molecule has 1 aromatic carbocycles. The van der Waals surface area contributed by atoms with Gasteiger partial charge in [-0.3, -0.25) is 0 Å². The molecular formula is C12H13F3N2O2. The molecule has 0 amide bonds. The molecule has 0 radical (unpaired) electrons. The summed E-state index contributed by atoms with van der Waals surface area (Å²) >= 11 is 0. The van der Waals surface area contributed by atoms with Gasteiger partial charge in [0.2, 0.25) is 0 Å². The molecule has 0 aliphatic heterocycles. The fourth-order valence-electron chi connectivity index (χ4n) is 1.33. The Morgan fingerprint density at radius 2 is 2.16 bits per heavy atom. The second-order valence-electron chi connectivity index (χ2n) is 3.78. The number of benzene rings is 1. The van der Waals surface area contributed by atoms with Gasteiger partial charge in [-0.05, 0) is 17.7 Å². The van der Waals surface area contributed by atoms with Gasteiger partial charge in [-0.25, -0.2) is 0 Å². The standard InChI is InChI=1S/C12H13F3N2O2/c13-12(14,15)11(18)8-17-7-9-2-1-3-10(6-9)19-5-4-16/h1-3,6,11,17-18H,5,7-8H2. The van der Waals surface area contributed by atoms with Gasteiger partial charge in [0.15, 0.2) is 12.7 Å². The number of ether oxygens (including phenoxy) is 1. The molecule has 0 aliphatic carbocycles. The molecule has 1 rings (SSSR count). The summed E-state index contributed by atoms with van der Waals surface area (Å²) < 4.78 is 41.2. The highest BCUT2D eigenvalue weighted by molar-refractivity contribution is 5.28. The topological polar surface area (TPSA) is 65.3 Å². The molecule has 19 heavy (non-hydrogen) atoms. The minimum atomic E-state index is -4.62. The van der Waals surface area contributed by atoms with Crippen molar-refractivity contribution in [2.45, 2.75) is 18.8 Å². The Hall–Kier alpha value is -1.78. The molecular weight excluding hydrogens is 261 g/mol. The second-order valence-corrected chi connectivity index (χ2v) is 3.78. The molecule has 0 heterocycles. The van der Waals surface area contributed by atoms with E-state index in [4.69, 9.17) is 15.1 Å². The minimum Gasteiger partial charge on any atom is -0.479 e. The summed E-state index contributed by atoms with van der Waals surface area (Å²) in [7, 11) is 0. The van der Waals surface area contributed by atoms with Gasteiger partial charge >= 0.3 is 6.18 Å². The van der Waals surface area contributed by atoms with Crippen molar-refractivity contribution in [3.05, 3.63) is 29.8 Å². The smallest absolute Gasteiger partial charge is 0.415 e. The molecule has 0 fully saturated rings. The molecule has 0 aliphatic rings. The van der Waals surface area contributed by atoms with Crippen LogP contribution in [0.1, 0.15) is 5.56 Å². The maximum Gasteiger partial charge on any atom is 0.415 e. The lowest BCUT2D eigenvalue weighted by Crippen LogP contribution is -2.38. The number of nitriles is 1. The summed E-state index contributed by atoms with van der Waals surface area (Å²) in [6.45, 7) is -0.507. The summed E-state index contributed by atoms with van der Waals surface area (Å²) in [5.41, 5.74) is 0.699. The first-order valence-electron chi connectivity index (χ1n) is 5.47. The zero-order chi connectivity index (χ0) is 14.3. The van der Waals surface area contributed by atoms with Crippen LogP contribution in [0.5, 0.6) is 5.75 Å². The molecule has 0 saturated carbocycles. The number of aliphatic hydroxyl groups is 1. The number of hydrogen-bond acceptors (Lipinski definition) is 4. The summed E-state index contributed by atoms with van der Waals surface area (Å²) in [4.78, 5) is 0. The van der Waals surface area contributed by atoms with Crippen LogP contribution in [-0.4, -0.2) is 30.5 Å². The van der Waals surface area contributed by atoms with Gasteiger partial charge in [-0.2, -0.15) is 18.4 Å². The summed E-state index contributed by atoms with van der Waals surface area (Å²) in [5, 5.41) is 19.6. The highest BCUT2D eigenvalue weighted by Gasteiger charge is 2.37. The molecule has 1 atom stereocenters. The third kappa shape index (κ3) is 5.59. The number of halogens is 3. The van der Waals surface area contributed by atoms with Crippen LogP contribution in [0.15, 0.2) is 24.3 Å². The van der Waals surface area contributed by atoms with Gasteiger partial charge in [0.25, 0.3) is 0 Å². The van der Waals surface area contributed by atoms with Gasteiger partial charge in [-0.15, -0.1) is 0 Å². The van der Waals surface area contributed by atoms with Crippen molar-refractivity contribution in [2.24, 2.45) is 0 Å². The number of aliphatic hydroxyl groups excluding tert-OH is 1. The number of hydrogen-bond donors (Lipinski definition) is 2. The third-order valence-electron chi connectivity index (χ3n) is 2.25. The van der Waals surface area contributed by atoms with Crippen molar-refractivity contribution >= 4 is 0 Å². The van der Waals surface area contributed by atoms with E-state index >= 15 is 0 Å². The normalized spacial score (nSPS) is 12.8. The van der Waals surface area contributed by atoms with E-state index < -0.39 is 18.8 Å². The maximum atomic E-state index is 12.0. The van der Waals surface area contributed by atoms with Crippen LogP contribution in [0.3, 0.4) is 0 Å². The molecule has 104 valence electrons. The highest BCUT2D eigenvalue weighted by Crippen LogP contribution is 2.19. The Morgan fingerprint density at radius 3 is 2.79 bits per heavy atom. The number of rotatable bonds is 6. The van der Waals surface area contributed by atoms with E-state index in [1.807, 2.05) is 6.07 Å². The predicted octanol–water partition coefficient (Wildman–Crippen LogP) is 1.60. The SMILES string of the molecule is N#CCOc1cccc(CNCC(O)C(F)(F)F)c1. The van der Waals surface area contributed by atoms with Gasteiger partial charge in [0, 0.05) is 13.1 Å². The summed E-state index contributed by atoms with van der Waals surface area (Å²) in [6.07, 6.45) is -7.00. The van der Waals surface area contributed by atoms with Crippen molar-refractivity contribution in [3.63, 3.8) is 0 Å². The number of nitrogens with zero attached hydrogens (tertiary/aromatic N) is 1. The van der Waals surface area contributed by atoms with E-state index in [1.54, 1.807) is 24.3 Å². The van der Waals surface area contributed by atoms with E-state index in [-0.39, 0.29) is 13.2 Å². The van der Waals surface area contributed by atoms with Gasteiger partial charge in [0.05, 0.1) is 0 Å². The van der Waals surface area contributed by atoms with Gasteiger partial charge in [0.1, 0.15) is 11.8 Å². The van der Waals surface area contributed by atoms with Crippen LogP contribution < -0.4 is 10.1 Å². The van der Waals surface area contributed by atoms with E-state index in [2.05, 4.69) is 5.32 Å². The number of nitrogens with one attached hydrogen (secondary N) is 1. The lowest BCUT2D eigenvalue weighted by molar-refractivity contribution is -0.201. The van der Waals surface area contributed by atoms with Crippen LogP contribution >= 0.6 is 0 Å². The first-order chi connectivity index (χ1) is 8.93. The van der Waals surface area contributed by atoms with E-state index in [0.717, 1.165) is 0 Å². The molecule has 0 aromatic heterocycles. The summed E-state index contributed by atoms with van der Waals surface area (Å²) in [6, 6.07) is 8.45. The van der Waals surface area contributed by atoms with Crippen LogP contribution in [0.25, 0.3) is 0 Å². The second kappa shape index (κ2) is 6.97. The molecule has 0 spiro atoms. The first kappa shape index (κ1) is 15.3. The monoisotopic (exact) mass is 274 g/mol. The lowest BCUT2D eigenvalue weighted by Gasteiger charge is -2.15. The molecule has 1 aromatic rings. The third-order valence-corrected chi connectivity index (χ3v) is 2.25. The van der Waals surface area contributed by atoms with Crippen molar-refractivity contribution in [2.75, 3.05) is 13.2 Å². The maximum absolute atomic E-state index is 12.0. The van der Waals surface area contributed by atoms with Crippen molar-refractivity contribution in [3.8, 4) is 11.8 Å². The average Bonchev–Trinajstić information content (AvgIpc) is 2.35. The summed E-state index contributed by atoms with van der Waals surface area (Å²) in [5.74, 6) is 0.470. The first-order valence-corrected chi connectivity index (χ1v) is 5.47. The van der Waals surface area contributed by atoms with Crippen LogP contribution in [0.4, 0.5) is 13.2 Å². The fraction of sp³-hybridized carbons (Fsp3) is 0.417. The van der Waals surface area contributed by atoms with Crippen molar-refractivity contribution in [1.82, 2.24) is 5.32 Å². The van der Waals surface area contributed by atoms with E-state index in [9.17, 15) is 13.2 Å². The van der Waals surface area contributed by atoms with Crippen molar-refractivity contribution < 1.29 is 23.0 Å². The molecule has 0 bridgehead atoms. The van der Waals surface area contributed by atoms with E-state index in [1.165, 1.54) is 0 Å². The van der Waals surface area contributed by atoms with Crippen LogP contribution in [-0.2, 0) is 6.54 Å². The van der Waals surface area contributed by atoms with Crippen molar-refractivity contribution in [1.29, 1.82) is 5.26 Å². The van der Waals surface area contributed by atoms with Crippen LogP contribution in [0.2, 0.25) is 0 Å². The Morgan fingerprint density at radius 1 is 1.42 bits per heavy atom. The minimum absolute atomic E-state index is 0.0936. The van der Waals surface area contributed by atoms with Crippen LogP contribution in [0, 0.1) is 11.3 Å². The molecule has 0 saturated heterocycles. The average molecular weight is 274 g/mol. The van der Waals surface area contributed by atoms with E-state index in [0.29, 0.717) is 11.3 Å². The molecule has 7 heteroatoms. The largest absolute Gasteiger partial charge is 0.479 e. The Kier molecular flexibility index (Phi) is 5.60. The Balaban J connectivity index is 2.43. The quantitative estimate of drug-likeness (QED) is 0.827. The Bertz CT molecular complexity index is 443. The zero-order valence-electron chi connectivity index (χ0n) is 9.94. The van der Waals surface area contributed by atoms with Gasteiger partial charge in [-0.1, -0.05) is 12.1 Å². The molecule has 4 nitrogen and oxygen atoms in total. The predicted molar refractivity (Wildman–Crippen MR) is 61.3 cm³/mol. The van der Waals surface area contributed by atoms with Gasteiger partial charge < -0.3 is 15.2 Å². The lowest BCUT2D eigenvalue weighted by atomic mass is 10.2. The number of alkyl halides is 3.